The monoisotopic (exact) mass is 305 g/mol. The van der Waals surface area contributed by atoms with Crippen LogP contribution >= 0.6 is 11.6 Å². The van der Waals surface area contributed by atoms with Gasteiger partial charge in [0.1, 0.15) is 0 Å². The summed E-state index contributed by atoms with van der Waals surface area (Å²) in [5.41, 5.74) is 1.82. The molecule has 0 aliphatic rings. The van der Waals surface area contributed by atoms with E-state index in [2.05, 4.69) is 11.9 Å². The molecule has 0 saturated heterocycles. The zero-order chi connectivity index (χ0) is 15.3. The van der Waals surface area contributed by atoms with Gasteiger partial charge < -0.3 is 5.32 Å². The van der Waals surface area contributed by atoms with E-state index in [4.69, 9.17) is 11.6 Å². The van der Waals surface area contributed by atoms with E-state index in [0.717, 1.165) is 11.1 Å². The molecule has 1 rings (SSSR count). The fourth-order valence-electron chi connectivity index (χ4n) is 1.92. The number of rotatable bonds is 6. The van der Waals surface area contributed by atoms with Gasteiger partial charge in [0.25, 0.3) is 0 Å². The molecule has 1 nitrogen and oxygen atoms in total. The summed E-state index contributed by atoms with van der Waals surface area (Å²) in [5, 5.41) is 3.06. The lowest BCUT2D eigenvalue weighted by molar-refractivity contribution is -0.124. The molecule has 112 valence electrons. The van der Waals surface area contributed by atoms with Crippen LogP contribution in [0.25, 0.3) is 0 Å². The maximum atomic E-state index is 12.2. The molecule has 0 radical (unpaired) electrons. The third-order valence-electron chi connectivity index (χ3n) is 3.14. The lowest BCUT2D eigenvalue weighted by atomic mass is 9.86. The van der Waals surface area contributed by atoms with E-state index < -0.39 is 12.7 Å². The molecule has 0 aliphatic heterocycles. The van der Waals surface area contributed by atoms with Gasteiger partial charge in [-0.15, -0.1) is 0 Å². The van der Waals surface area contributed by atoms with Gasteiger partial charge in [0.05, 0.1) is 6.54 Å². The van der Waals surface area contributed by atoms with Gasteiger partial charge in [0, 0.05) is 17.5 Å². The Kier molecular flexibility index (Phi) is 6.08. The van der Waals surface area contributed by atoms with Crippen LogP contribution in [0.15, 0.2) is 36.4 Å². The van der Waals surface area contributed by atoms with E-state index >= 15 is 0 Å². The maximum absolute atomic E-state index is 12.2. The summed E-state index contributed by atoms with van der Waals surface area (Å²) in [5.74, 6) is 0.0398. The second-order valence-corrected chi connectivity index (χ2v) is 5.52. The number of nitrogens with one attached hydrogen (secondary N) is 1. The van der Waals surface area contributed by atoms with Crippen molar-refractivity contribution >= 4 is 11.6 Å². The van der Waals surface area contributed by atoms with E-state index in [1.807, 2.05) is 26.0 Å². The zero-order valence-electron chi connectivity index (χ0n) is 11.6. The van der Waals surface area contributed by atoms with Gasteiger partial charge in [-0.25, -0.2) is 0 Å². The Balaban J connectivity index is 2.81. The predicted octanol–water partition coefficient (Wildman–Crippen LogP) is 4.79. The van der Waals surface area contributed by atoms with Crippen molar-refractivity contribution in [3.8, 4) is 0 Å². The van der Waals surface area contributed by atoms with E-state index in [1.165, 1.54) is 0 Å². The first-order valence-electron chi connectivity index (χ1n) is 6.42. The summed E-state index contributed by atoms with van der Waals surface area (Å²) >= 11 is 5.84. The van der Waals surface area contributed by atoms with Crippen LogP contribution in [0.2, 0.25) is 5.02 Å². The van der Waals surface area contributed by atoms with Crippen molar-refractivity contribution in [2.45, 2.75) is 25.9 Å². The molecule has 0 aromatic heterocycles. The molecule has 1 atom stereocenters. The van der Waals surface area contributed by atoms with Crippen molar-refractivity contribution in [2.24, 2.45) is 5.92 Å². The minimum Gasteiger partial charge on any atom is -0.308 e. The highest BCUT2D eigenvalue weighted by atomic mass is 35.5. The Morgan fingerprint density at radius 3 is 2.25 bits per heavy atom. The molecule has 0 aliphatic carbocycles. The highest BCUT2D eigenvalue weighted by Gasteiger charge is 2.27. The van der Waals surface area contributed by atoms with Crippen LogP contribution in [0.4, 0.5) is 13.2 Å². The van der Waals surface area contributed by atoms with Crippen LogP contribution in [0.1, 0.15) is 25.3 Å². The first-order valence-corrected chi connectivity index (χ1v) is 6.80. The van der Waals surface area contributed by atoms with E-state index in [1.54, 1.807) is 12.1 Å². The maximum Gasteiger partial charge on any atom is 0.401 e. The lowest BCUT2D eigenvalue weighted by Gasteiger charge is -2.24. The number of halogens is 4. The van der Waals surface area contributed by atoms with Crippen LogP contribution in [-0.2, 0) is 0 Å². The average molecular weight is 306 g/mol. The number of alkyl halides is 3. The molecule has 0 fully saturated rings. The van der Waals surface area contributed by atoms with Gasteiger partial charge in [-0.1, -0.05) is 49.7 Å². The average Bonchev–Trinajstić information content (AvgIpc) is 2.34. The molecule has 0 spiro atoms. The Labute approximate surface area is 122 Å². The van der Waals surface area contributed by atoms with Crippen molar-refractivity contribution in [3.05, 3.63) is 47.0 Å². The molecule has 20 heavy (non-hydrogen) atoms. The number of hydrogen-bond donors (Lipinski definition) is 1. The highest BCUT2D eigenvalue weighted by Crippen LogP contribution is 2.29. The van der Waals surface area contributed by atoms with Crippen LogP contribution in [-0.4, -0.2) is 19.3 Å². The van der Waals surface area contributed by atoms with Crippen molar-refractivity contribution in [3.63, 3.8) is 0 Å². The molecular weight excluding hydrogens is 287 g/mol. The standard InChI is InChI=1S/C15H19ClF3N/c1-10(2)11(3)14(8-20-9-15(17,18)19)12-4-6-13(16)7-5-12/h4-7,10,14,20H,3,8-9H2,1-2H3. The second kappa shape index (κ2) is 7.14. The van der Waals surface area contributed by atoms with Gasteiger partial charge in [-0.05, 0) is 23.6 Å². The lowest BCUT2D eigenvalue weighted by Crippen LogP contribution is -2.32. The summed E-state index contributed by atoms with van der Waals surface area (Å²) in [6, 6.07) is 7.13. The molecule has 0 heterocycles. The molecule has 1 aromatic carbocycles. The first kappa shape index (κ1) is 17.1. The van der Waals surface area contributed by atoms with E-state index in [-0.39, 0.29) is 18.4 Å². The normalized spacial score (nSPS) is 13.6. The van der Waals surface area contributed by atoms with Gasteiger partial charge in [0.2, 0.25) is 0 Å². The molecule has 0 bridgehead atoms. The van der Waals surface area contributed by atoms with Gasteiger partial charge in [-0.3, -0.25) is 0 Å². The topological polar surface area (TPSA) is 12.0 Å². The first-order chi connectivity index (χ1) is 9.20. The smallest absolute Gasteiger partial charge is 0.308 e. The summed E-state index contributed by atoms with van der Waals surface area (Å²) in [7, 11) is 0. The second-order valence-electron chi connectivity index (χ2n) is 5.08. The molecular formula is C15H19ClF3N. The summed E-state index contributed by atoms with van der Waals surface area (Å²) in [6.07, 6.45) is -4.20. The van der Waals surface area contributed by atoms with Crippen molar-refractivity contribution in [2.75, 3.05) is 13.1 Å². The molecule has 1 N–H and O–H groups in total. The predicted molar refractivity (Wildman–Crippen MR) is 77.1 cm³/mol. The fraction of sp³-hybridized carbons (Fsp3) is 0.467. The van der Waals surface area contributed by atoms with Gasteiger partial charge in [0.15, 0.2) is 0 Å². The van der Waals surface area contributed by atoms with Gasteiger partial charge in [-0.2, -0.15) is 13.2 Å². The Hall–Kier alpha value is -1.00. The molecule has 1 unspecified atom stereocenters. The van der Waals surface area contributed by atoms with Gasteiger partial charge >= 0.3 is 6.18 Å². The Morgan fingerprint density at radius 2 is 1.80 bits per heavy atom. The summed E-state index contributed by atoms with van der Waals surface area (Å²) in [6.45, 7) is 7.19. The van der Waals surface area contributed by atoms with Crippen LogP contribution < -0.4 is 5.32 Å². The summed E-state index contributed by atoms with van der Waals surface area (Å²) < 4.78 is 36.7. The van der Waals surface area contributed by atoms with Crippen molar-refractivity contribution < 1.29 is 13.2 Å². The fourth-order valence-corrected chi connectivity index (χ4v) is 2.04. The summed E-state index contributed by atoms with van der Waals surface area (Å²) in [4.78, 5) is 0. The minimum absolute atomic E-state index is 0.158. The highest BCUT2D eigenvalue weighted by molar-refractivity contribution is 6.30. The third-order valence-corrected chi connectivity index (χ3v) is 3.39. The number of benzene rings is 1. The Morgan fingerprint density at radius 1 is 1.25 bits per heavy atom. The Bertz CT molecular complexity index is 437. The minimum atomic E-state index is -4.20. The van der Waals surface area contributed by atoms with E-state index in [0.29, 0.717) is 5.02 Å². The zero-order valence-corrected chi connectivity index (χ0v) is 12.4. The quantitative estimate of drug-likeness (QED) is 0.745. The van der Waals surface area contributed by atoms with Crippen LogP contribution in [0.3, 0.4) is 0 Å². The van der Waals surface area contributed by atoms with Crippen molar-refractivity contribution in [1.82, 2.24) is 5.32 Å². The number of hydrogen-bond acceptors (Lipinski definition) is 1. The third kappa shape index (κ3) is 5.55. The largest absolute Gasteiger partial charge is 0.401 e. The SMILES string of the molecule is C=C(C(C)C)C(CNCC(F)(F)F)c1ccc(Cl)cc1. The van der Waals surface area contributed by atoms with Crippen LogP contribution in [0.5, 0.6) is 0 Å². The molecule has 0 amide bonds. The molecule has 0 saturated carbocycles. The van der Waals surface area contributed by atoms with Crippen LogP contribution in [0, 0.1) is 5.92 Å². The molecule has 1 aromatic rings. The molecule has 5 heteroatoms. The van der Waals surface area contributed by atoms with E-state index in [9.17, 15) is 13.2 Å². The van der Waals surface area contributed by atoms with Crippen molar-refractivity contribution in [1.29, 1.82) is 0 Å².